The van der Waals surface area contributed by atoms with Crippen LogP contribution in [-0.4, -0.2) is 35.8 Å². The fourth-order valence-electron chi connectivity index (χ4n) is 3.99. The highest BCUT2D eigenvalue weighted by atomic mass is 19.1. The number of aromatic nitrogens is 2. The molecule has 0 aliphatic carbocycles. The smallest absolute Gasteiger partial charge is 0.265 e. The monoisotopic (exact) mass is 478 g/mol. The maximum Gasteiger partial charge on any atom is 0.265 e. The van der Waals surface area contributed by atoms with Crippen molar-refractivity contribution in [2.75, 3.05) is 25.1 Å². The molecule has 3 aromatic carbocycles. The van der Waals surface area contributed by atoms with Crippen LogP contribution in [0.1, 0.15) is 19.4 Å². The van der Waals surface area contributed by atoms with Crippen molar-refractivity contribution in [3.63, 3.8) is 0 Å². The van der Waals surface area contributed by atoms with Crippen LogP contribution in [0, 0.1) is 18.6 Å². The number of aryl methyl sites for hydroxylation is 1. The Labute approximate surface area is 202 Å². The van der Waals surface area contributed by atoms with Gasteiger partial charge >= 0.3 is 0 Å². The predicted molar refractivity (Wildman–Crippen MR) is 135 cm³/mol. The van der Waals surface area contributed by atoms with Crippen molar-refractivity contribution in [2.24, 2.45) is 0 Å². The number of para-hydroxylation sites is 1. The van der Waals surface area contributed by atoms with Crippen molar-refractivity contribution in [3.05, 3.63) is 88.5 Å². The van der Waals surface area contributed by atoms with E-state index in [-0.39, 0.29) is 35.1 Å². The van der Waals surface area contributed by atoms with Crippen LogP contribution in [0.25, 0.3) is 16.6 Å². The molecule has 1 N–H and O–H groups in total. The largest absolute Gasteiger partial charge is 0.494 e. The lowest BCUT2D eigenvalue weighted by molar-refractivity contribution is 0.383. The predicted octanol–water partition coefficient (Wildman–Crippen LogP) is 5.12. The molecule has 4 rings (SSSR count). The lowest BCUT2D eigenvalue weighted by Crippen LogP contribution is -2.33. The standard InChI is InChI=1S/C27H28F2N4O2/c1-17(2)30-12-13-32(26-24(28)18(3)14-23(35-4)25(26)29)20-10-11-22-21(15-20)27(34)33(16-31-22)19-8-6-5-7-9-19/h5-11,14-17,30H,12-13H2,1-4H3. The number of methoxy groups -OCH3 is 1. The van der Waals surface area contributed by atoms with E-state index in [0.717, 1.165) is 0 Å². The van der Waals surface area contributed by atoms with Crippen LogP contribution in [0.2, 0.25) is 0 Å². The number of anilines is 2. The van der Waals surface area contributed by atoms with E-state index in [4.69, 9.17) is 4.74 Å². The molecule has 0 unspecified atom stereocenters. The summed E-state index contributed by atoms with van der Waals surface area (Å²) in [5.41, 5.74) is 1.40. The second-order valence-corrected chi connectivity index (χ2v) is 8.59. The lowest BCUT2D eigenvalue weighted by atomic mass is 10.1. The maximum absolute atomic E-state index is 15.4. The highest BCUT2D eigenvalue weighted by Gasteiger charge is 2.24. The average molecular weight is 479 g/mol. The van der Waals surface area contributed by atoms with Gasteiger partial charge in [0.2, 0.25) is 0 Å². The summed E-state index contributed by atoms with van der Waals surface area (Å²) in [7, 11) is 1.35. The average Bonchev–Trinajstić information content (AvgIpc) is 2.86. The van der Waals surface area contributed by atoms with Gasteiger partial charge in [-0.2, -0.15) is 0 Å². The first-order chi connectivity index (χ1) is 16.8. The first-order valence-electron chi connectivity index (χ1n) is 11.4. The summed E-state index contributed by atoms with van der Waals surface area (Å²) in [5, 5.41) is 3.62. The molecule has 0 spiro atoms. The Kier molecular flexibility index (Phi) is 7.12. The van der Waals surface area contributed by atoms with Crippen molar-refractivity contribution >= 4 is 22.3 Å². The summed E-state index contributed by atoms with van der Waals surface area (Å²) in [4.78, 5) is 19.3. The van der Waals surface area contributed by atoms with Crippen LogP contribution in [-0.2, 0) is 0 Å². The molecule has 35 heavy (non-hydrogen) atoms. The summed E-state index contributed by atoms with van der Waals surface area (Å²) >= 11 is 0. The van der Waals surface area contributed by atoms with E-state index in [9.17, 15) is 4.79 Å². The van der Waals surface area contributed by atoms with Gasteiger partial charge in [0.1, 0.15) is 12.0 Å². The minimum Gasteiger partial charge on any atom is -0.494 e. The number of hydrogen-bond donors (Lipinski definition) is 1. The molecule has 0 radical (unpaired) electrons. The molecule has 1 heterocycles. The Hall–Kier alpha value is -3.78. The summed E-state index contributed by atoms with van der Waals surface area (Å²) in [6.45, 7) is 6.28. The molecule has 182 valence electrons. The molecular formula is C27H28F2N4O2. The Morgan fingerprint density at radius 3 is 2.51 bits per heavy atom. The van der Waals surface area contributed by atoms with Crippen LogP contribution in [0.15, 0.2) is 65.7 Å². The molecule has 0 bridgehead atoms. The van der Waals surface area contributed by atoms with Gasteiger partial charge in [0.15, 0.2) is 17.4 Å². The molecule has 0 saturated heterocycles. The number of ether oxygens (including phenoxy) is 1. The highest BCUT2D eigenvalue weighted by molar-refractivity contribution is 5.83. The van der Waals surface area contributed by atoms with Gasteiger partial charge in [-0.1, -0.05) is 32.0 Å². The molecule has 0 aliphatic heterocycles. The van der Waals surface area contributed by atoms with Crippen molar-refractivity contribution in [1.29, 1.82) is 0 Å². The third-order valence-electron chi connectivity index (χ3n) is 5.79. The van der Waals surface area contributed by atoms with Crippen molar-refractivity contribution in [1.82, 2.24) is 14.9 Å². The Bertz CT molecular complexity index is 1400. The Morgan fingerprint density at radius 1 is 1.09 bits per heavy atom. The summed E-state index contributed by atoms with van der Waals surface area (Å²) < 4.78 is 37.4. The lowest BCUT2D eigenvalue weighted by Gasteiger charge is -2.28. The molecule has 0 aliphatic rings. The third-order valence-corrected chi connectivity index (χ3v) is 5.79. The summed E-state index contributed by atoms with van der Waals surface area (Å²) in [6.07, 6.45) is 1.48. The third kappa shape index (κ3) is 4.88. The second kappa shape index (κ2) is 10.2. The molecule has 8 heteroatoms. The fraction of sp³-hybridized carbons (Fsp3) is 0.259. The van der Waals surface area contributed by atoms with Gasteiger partial charge in [-0.3, -0.25) is 9.36 Å². The number of nitrogens with one attached hydrogen (secondary N) is 1. The van der Waals surface area contributed by atoms with E-state index in [1.165, 1.54) is 29.0 Å². The molecule has 0 atom stereocenters. The minimum atomic E-state index is -0.798. The van der Waals surface area contributed by atoms with Gasteiger partial charge < -0.3 is 15.0 Å². The fourth-order valence-corrected chi connectivity index (χ4v) is 3.99. The minimum absolute atomic E-state index is 0.0467. The number of halogens is 2. The molecule has 0 fully saturated rings. The quantitative estimate of drug-likeness (QED) is 0.381. The number of rotatable bonds is 8. The van der Waals surface area contributed by atoms with Gasteiger partial charge in [0.25, 0.3) is 5.56 Å². The van der Waals surface area contributed by atoms with Crippen LogP contribution in [0.5, 0.6) is 5.75 Å². The SMILES string of the molecule is COc1cc(C)c(F)c(N(CCNC(C)C)c2ccc3ncn(-c4ccccc4)c(=O)c3c2)c1F. The summed E-state index contributed by atoms with van der Waals surface area (Å²) in [5.74, 6) is -1.52. The second-order valence-electron chi connectivity index (χ2n) is 8.59. The molecule has 0 amide bonds. The van der Waals surface area contributed by atoms with Crippen LogP contribution in [0.3, 0.4) is 0 Å². The van der Waals surface area contributed by atoms with Crippen LogP contribution in [0.4, 0.5) is 20.2 Å². The normalized spacial score (nSPS) is 11.3. The maximum atomic E-state index is 15.4. The molecule has 1 aromatic heterocycles. The van der Waals surface area contributed by atoms with Crippen molar-refractivity contribution in [2.45, 2.75) is 26.8 Å². The zero-order valence-electron chi connectivity index (χ0n) is 20.2. The number of benzene rings is 3. The van der Waals surface area contributed by atoms with Crippen LogP contribution < -0.4 is 20.5 Å². The molecule has 4 aromatic rings. The Morgan fingerprint density at radius 2 is 1.83 bits per heavy atom. The number of nitrogens with zero attached hydrogens (tertiary/aromatic N) is 3. The zero-order chi connectivity index (χ0) is 25.1. The zero-order valence-corrected chi connectivity index (χ0v) is 20.2. The molecule has 0 saturated carbocycles. The van der Waals surface area contributed by atoms with E-state index in [0.29, 0.717) is 28.8 Å². The van der Waals surface area contributed by atoms with Gasteiger partial charge in [0.05, 0.1) is 23.7 Å². The van der Waals surface area contributed by atoms with Crippen LogP contribution >= 0.6 is 0 Å². The van der Waals surface area contributed by atoms with E-state index >= 15 is 8.78 Å². The van der Waals surface area contributed by atoms with E-state index in [1.807, 2.05) is 44.2 Å². The van der Waals surface area contributed by atoms with Gasteiger partial charge in [-0.25, -0.2) is 13.8 Å². The first kappa shape index (κ1) is 24.3. The van der Waals surface area contributed by atoms with Crippen molar-refractivity contribution < 1.29 is 13.5 Å². The molecule has 6 nitrogen and oxygen atoms in total. The van der Waals surface area contributed by atoms with E-state index in [2.05, 4.69) is 10.3 Å². The van der Waals surface area contributed by atoms with E-state index < -0.39 is 11.6 Å². The number of hydrogen-bond acceptors (Lipinski definition) is 5. The van der Waals surface area contributed by atoms with Crippen molar-refractivity contribution in [3.8, 4) is 11.4 Å². The van der Waals surface area contributed by atoms with Gasteiger partial charge in [-0.05, 0) is 48.9 Å². The highest BCUT2D eigenvalue weighted by Crippen LogP contribution is 2.37. The number of fused-ring (bicyclic) bond motifs is 1. The molecular weight excluding hydrogens is 450 g/mol. The first-order valence-corrected chi connectivity index (χ1v) is 11.4. The summed E-state index contributed by atoms with van der Waals surface area (Å²) in [6, 6.07) is 15.7. The van der Waals surface area contributed by atoms with Gasteiger partial charge in [-0.15, -0.1) is 0 Å². The Balaban J connectivity index is 1.89. The van der Waals surface area contributed by atoms with Gasteiger partial charge in [0, 0.05) is 24.8 Å². The topological polar surface area (TPSA) is 59.4 Å². The van der Waals surface area contributed by atoms with E-state index in [1.54, 1.807) is 25.1 Å².